The summed E-state index contributed by atoms with van der Waals surface area (Å²) < 4.78 is 4.96. The molecular weight excluding hydrogens is 228 g/mol. The lowest BCUT2D eigenvalue weighted by molar-refractivity contribution is 0.103. The highest BCUT2D eigenvalue weighted by atomic mass is 16.5. The van der Waals surface area contributed by atoms with Crippen LogP contribution in [0.4, 0.5) is 0 Å². The third-order valence-electron chi connectivity index (χ3n) is 2.49. The standard InChI is InChI=1S/C14H12O3.CH4/c1-17-11-7-8-12(13(15)9-11)14(16)10-5-3-2-4-6-10;/h2-9,15H,1H3;1H4. The topological polar surface area (TPSA) is 46.5 Å². The first-order valence-corrected chi connectivity index (χ1v) is 5.19. The van der Waals surface area contributed by atoms with Crippen LogP contribution in [-0.2, 0) is 0 Å². The second kappa shape index (κ2) is 5.87. The summed E-state index contributed by atoms with van der Waals surface area (Å²) in [6.45, 7) is 0. The highest BCUT2D eigenvalue weighted by Crippen LogP contribution is 2.25. The van der Waals surface area contributed by atoms with Gasteiger partial charge in [0, 0.05) is 11.6 Å². The van der Waals surface area contributed by atoms with Gasteiger partial charge in [0.2, 0.25) is 0 Å². The SMILES string of the molecule is C.COc1ccc(C(=O)c2ccccc2)c(O)c1. The van der Waals surface area contributed by atoms with Crippen LogP contribution < -0.4 is 4.74 Å². The van der Waals surface area contributed by atoms with Gasteiger partial charge in [0.15, 0.2) is 5.78 Å². The zero-order chi connectivity index (χ0) is 12.3. The molecule has 3 nitrogen and oxygen atoms in total. The predicted octanol–water partition coefficient (Wildman–Crippen LogP) is 3.27. The fraction of sp³-hybridized carbons (Fsp3) is 0.133. The molecular formula is C15H16O3. The van der Waals surface area contributed by atoms with Crippen molar-refractivity contribution < 1.29 is 14.6 Å². The molecule has 0 aromatic heterocycles. The Bertz CT molecular complexity index is 533. The molecule has 94 valence electrons. The molecule has 0 saturated heterocycles. The van der Waals surface area contributed by atoms with Crippen LogP contribution in [0, 0.1) is 0 Å². The molecule has 0 unspecified atom stereocenters. The number of hydrogen-bond acceptors (Lipinski definition) is 3. The van der Waals surface area contributed by atoms with Crippen molar-refractivity contribution in [3.8, 4) is 11.5 Å². The molecule has 2 aromatic carbocycles. The summed E-state index contributed by atoms with van der Waals surface area (Å²) in [7, 11) is 1.51. The number of phenolic OH excluding ortho intramolecular Hbond substituents is 1. The molecule has 0 spiro atoms. The van der Waals surface area contributed by atoms with Crippen molar-refractivity contribution in [3.05, 3.63) is 59.7 Å². The monoisotopic (exact) mass is 244 g/mol. The molecule has 0 heterocycles. The van der Waals surface area contributed by atoms with Crippen LogP contribution in [0.25, 0.3) is 0 Å². The van der Waals surface area contributed by atoms with Crippen LogP contribution in [0.1, 0.15) is 23.3 Å². The van der Waals surface area contributed by atoms with Gasteiger partial charge in [-0.25, -0.2) is 0 Å². The van der Waals surface area contributed by atoms with Gasteiger partial charge in [-0.05, 0) is 12.1 Å². The van der Waals surface area contributed by atoms with Crippen LogP contribution in [-0.4, -0.2) is 18.0 Å². The number of hydrogen-bond donors (Lipinski definition) is 1. The van der Waals surface area contributed by atoms with E-state index in [1.807, 2.05) is 6.07 Å². The number of aromatic hydroxyl groups is 1. The molecule has 18 heavy (non-hydrogen) atoms. The molecule has 2 rings (SSSR count). The Morgan fingerprint density at radius 1 is 1.11 bits per heavy atom. The first-order valence-electron chi connectivity index (χ1n) is 5.19. The Labute approximate surface area is 107 Å². The normalized spacial score (nSPS) is 9.39. The van der Waals surface area contributed by atoms with Gasteiger partial charge in [0.25, 0.3) is 0 Å². The van der Waals surface area contributed by atoms with Crippen molar-refractivity contribution in [3.63, 3.8) is 0 Å². The average molecular weight is 244 g/mol. The highest BCUT2D eigenvalue weighted by molar-refractivity contribution is 6.10. The highest BCUT2D eigenvalue weighted by Gasteiger charge is 2.13. The quantitative estimate of drug-likeness (QED) is 0.843. The van der Waals surface area contributed by atoms with Crippen molar-refractivity contribution in [2.45, 2.75) is 7.43 Å². The van der Waals surface area contributed by atoms with Crippen LogP contribution in [0.15, 0.2) is 48.5 Å². The fourth-order valence-electron chi connectivity index (χ4n) is 1.58. The molecule has 0 atom stereocenters. The first kappa shape index (κ1) is 13.8. The van der Waals surface area contributed by atoms with E-state index < -0.39 is 0 Å². The van der Waals surface area contributed by atoms with E-state index in [-0.39, 0.29) is 24.5 Å². The number of ketones is 1. The molecule has 2 aromatic rings. The van der Waals surface area contributed by atoms with Gasteiger partial charge >= 0.3 is 0 Å². The van der Waals surface area contributed by atoms with E-state index in [4.69, 9.17) is 4.74 Å². The Morgan fingerprint density at radius 3 is 2.33 bits per heavy atom. The molecule has 1 N–H and O–H groups in total. The number of benzene rings is 2. The van der Waals surface area contributed by atoms with Gasteiger partial charge in [0.05, 0.1) is 12.7 Å². The minimum atomic E-state index is -0.203. The first-order chi connectivity index (χ1) is 8.22. The number of carbonyl (C=O) groups is 1. The molecule has 0 radical (unpaired) electrons. The smallest absolute Gasteiger partial charge is 0.196 e. The summed E-state index contributed by atoms with van der Waals surface area (Å²) in [5.74, 6) is 0.246. The molecule has 0 aliphatic carbocycles. The van der Waals surface area contributed by atoms with Crippen LogP contribution >= 0.6 is 0 Å². The van der Waals surface area contributed by atoms with E-state index in [0.717, 1.165) is 0 Å². The van der Waals surface area contributed by atoms with E-state index in [2.05, 4.69) is 0 Å². The Morgan fingerprint density at radius 2 is 1.78 bits per heavy atom. The van der Waals surface area contributed by atoms with Crippen molar-refractivity contribution in [1.29, 1.82) is 0 Å². The minimum Gasteiger partial charge on any atom is -0.507 e. The fourth-order valence-corrected chi connectivity index (χ4v) is 1.58. The van der Waals surface area contributed by atoms with Crippen LogP contribution in [0.2, 0.25) is 0 Å². The van der Waals surface area contributed by atoms with Crippen molar-refractivity contribution in [1.82, 2.24) is 0 Å². The molecule has 3 heteroatoms. The largest absolute Gasteiger partial charge is 0.507 e. The van der Waals surface area contributed by atoms with E-state index in [9.17, 15) is 9.90 Å². The minimum absolute atomic E-state index is 0. The number of phenols is 1. The van der Waals surface area contributed by atoms with Gasteiger partial charge in [-0.3, -0.25) is 4.79 Å². The summed E-state index contributed by atoms with van der Waals surface area (Å²) in [4.78, 5) is 12.1. The second-order valence-electron chi connectivity index (χ2n) is 3.58. The lowest BCUT2D eigenvalue weighted by atomic mass is 10.0. The maximum Gasteiger partial charge on any atom is 0.196 e. The predicted molar refractivity (Wildman–Crippen MR) is 71.3 cm³/mol. The molecule has 0 aliphatic heterocycles. The Kier molecular flexibility index (Phi) is 4.49. The van der Waals surface area contributed by atoms with Gasteiger partial charge in [0.1, 0.15) is 11.5 Å². The number of carbonyl (C=O) groups excluding carboxylic acids is 1. The molecule has 0 fully saturated rings. The van der Waals surface area contributed by atoms with Gasteiger partial charge in [-0.15, -0.1) is 0 Å². The Balaban J connectivity index is 0.00000162. The molecule has 0 saturated carbocycles. The van der Waals surface area contributed by atoms with E-state index in [1.54, 1.807) is 36.4 Å². The summed E-state index contributed by atoms with van der Waals surface area (Å²) in [5.41, 5.74) is 0.824. The summed E-state index contributed by atoms with van der Waals surface area (Å²) >= 11 is 0. The zero-order valence-corrected chi connectivity index (χ0v) is 9.38. The third-order valence-corrected chi connectivity index (χ3v) is 2.49. The van der Waals surface area contributed by atoms with Gasteiger partial charge in [-0.1, -0.05) is 37.8 Å². The number of methoxy groups -OCH3 is 1. The Hall–Kier alpha value is -2.29. The second-order valence-corrected chi connectivity index (χ2v) is 3.58. The van der Waals surface area contributed by atoms with Gasteiger partial charge < -0.3 is 9.84 Å². The maximum atomic E-state index is 12.1. The van der Waals surface area contributed by atoms with Gasteiger partial charge in [-0.2, -0.15) is 0 Å². The molecule has 0 bridgehead atoms. The van der Waals surface area contributed by atoms with Crippen molar-refractivity contribution in [2.24, 2.45) is 0 Å². The molecule has 0 aliphatic rings. The van der Waals surface area contributed by atoms with Crippen molar-refractivity contribution in [2.75, 3.05) is 7.11 Å². The summed E-state index contributed by atoms with van der Waals surface area (Å²) in [5, 5.41) is 9.75. The molecule has 0 amide bonds. The summed E-state index contributed by atoms with van der Waals surface area (Å²) in [6, 6.07) is 13.5. The maximum absolute atomic E-state index is 12.1. The third kappa shape index (κ3) is 2.69. The number of rotatable bonds is 3. The lowest BCUT2D eigenvalue weighted by Gasteiger charge is -2.06. The number of ether oxygens (including phenoxy) is 1. The average Bonchev–Trinajstić information content (AvgIpc) is 2.39. The van der Waals surface area contributed by atoms with Crippen LogP contribution in [0.5, 0.6) is 11.5 Å². The van der Waals surface area contributed by atoms with E-state index in [1.165, 1.54) is 13.2 Å². The van der Waals surface area contributed by atoms with Crippen LogP contribution in [0.3, 0.4) is 0 Å². The lowest BCUT2D eigenvalue weighted by Crippen LogP contribution is -2.01. The van der Waals surface area contributed by atoms with E-state index >= 15 is 0 Å². The zero-order valence-electron chi connectivity index (χ0n) is 9.38. The van der Waals surface area contributed by atoms with Crippen molar-refractivity contribution >= 4 is 5.78 Å². The summed E-state index contributed by atoms with van der Waals surface area (Å²) in [6.07, 6.45) is 0. The van der Waals surface area contributed by atoms with E-state index in [0.29, 0.717) is 11.3 Å².